The first-order valence-corrected chi connectivity index (χ1v) is 5.43. The first-order valence-electron chi connectivity index (χ1n) is 5.43. The summed E-state index contributed by atoms with van der Waals surface area (Å²) in [6, 6.07) is 2.12. The molecule has 0 unspecified atom stereocenters. The van der Waals surface area contributed by atoms with Gasteiger partial charge in [0.2, 0.25) is 0 Å². The van der Waals surface area contributed by atoms with Gasteiger partial charge in [0, 0.05) is 17.8 Å². The fourth-order valence-corrected chi connectivity index (χ4v) is 2.30. The molecule has 3 rings (SSSR count). The summed E-state index contributed by atoms with van der Waals surface area (Å²) in [6.45, 7) is 2.23. The van der Waals surface area contributed by atoms with E-state index in [2.05, 4.69) is 25.8 Å². The maximum Gasteiger partial charge on any atom is 0.156 e. The van der Waals surface area contributed by atoms with E-state index in [1.807, 2.05) is 18.7 Å². The average molecular weight is 275 g/mol. The highest BCUT2D eigenvalue weighted by atomic mass is 35.5. The molecular weight excluding hydrogens is 259 g/mol. The summed E-state index contributed by atoms with van der Waals surface area (Å²) in [5.74, 6) is 0.644. The van der Waals surface area contributed by atoms with Crippen molar-refractivity contribution >= 4 is 30.5 Å². The van der Waals surface area contributed by atoms with Crippen LogP contribution in [0.15, 0.2) is 24.8 Å². The SMILES string of the molecule is Cl.Cl.c1cc(C2CCNCC2)n2cncc2n1. The third-order valence-corrected chi connectivity index (χ3v) is 3.11. The van der Waals surface area contributed by atoms with E-state index in [1.54, 1.807) is 0 Å². The van der Waals surface area contributed by atoms with Crippen LogP contribution >= 0.6 is 24.8 Å². The minimum atomic E-state index is 0. The number of nitrogens with one attached hydrogen (secondary N) is 1. The van der Waals surface area contributed by atoms with Crippen molar-refractivity contribution in [3.8, 4) is 0 Å². The van der Waals surface area contributed by atoms with E-state index in [1.165, 1.54) is 18.5 Å². The van der Waals surface area contributed by atoms with Crippen LogP contribution in [0.4, 0.5) is 0 Å². The lowest BCUT2D eigenvalue weighted by molar-refractivity contribution is 0.450. The van der Waals surface area contributed by atoms with Gasteiger partial charge in [0.05, 0.1) is 6.20 Å². The van der Waals surface area contributed by atoms with Crippen LogP contribution in [0.5, 0.6) is 0 Å². The maximum atomic E-state index is 4.28. The predicted molar refractivity (Wildman–Crippen MR) is 72.3 cm³/mol. The van der Waals surface area contributed by atoms with Crippen molar-refractivity contribution in [3.05, 3.63) is 30.5 Å². The highest BCUT2D eigenvalue weighted by Gasteiger charge is 2.17. The Balaban J connectivity index is 0.000000722. The predicted octanol–water partition coefficient (Wildman–Crippen LogP) is 2.04. The highest BCUT2D eigenvalue weighted by molar-refractivity contribution is 5.85. The standard InChI is InChI=1S/C11H14N4.2ClH/c1-4-12-5-2-9(1)10-3-6-14-11-7-13-8-15(10)11;;/h3,6-9,12H,1-2,4-5H2;2*1H. The molecule has 1 aliphatic heterocycles. The normalized spacial score (nSPS) is 16.2. The zero-order valence-electron chi connectivity index (χ0n) is 9.37. The van der Waals surface area contributed by atoms with E-state index in [-0.39, 0.29) is 24.8 Å². The van der Waals surface area contributed by atoms with Crippen molar-refractivity contribution in [2.45, 2.75) is 18.8 Å². The second kappa shape index (κ2) is 6.19. The molecule has 0 amide bonds. The highest BCUT2D eigenvalue weighted by Crippen LogP contribution is 2.24. The Labute approximate surface area is 113 Å². The van der Waals surface area contributed by atoms with E-state index >= 15 is 0 Å². The number of fused-ring (bicyclic) bond motifs is 1. The van der Waals surface area contributed by atoms with Crippen LogP contribution in [0.2, 0.25) is 0 Å². The van der Waals surface area contributed by atoms with Crippen LogP contribution in [0.25, 0.3) is 5.65 Å². The summed E-state index contributed by atoms with van der Waals surface area (Å²) >= 11 is 0. The van der Waals surface area contributed by atoms with Crippen LogP contribution in [-0.4, -0.2) is 27.5 Å². The van der Waals surface area contributed by atoms with Gasteiger partial charge in [-0.15, -0.1) is 24.8 Å². The number of imidazole rings is 1. The largest absolute Gasteiger partial charge is 0.317 e. The number of aromatic nitrogens is 3. The summed E-state index contributed by atoms with van der Waals surface area (Å²) in [6.07, 6.45) is 7.97. The number of piperidine rings is 1. The van der Waals surface area contributed by atoms with Crippen LogP contribution in [0, 0.1) is 0 Å². The zero-order valence-corrected chi connectivity index (χ0v) is 11.0. The Morgan fingerprint density at radius 3 is 2.76 bits per heavy atom. The average Bonchev–Trinajstić information content (AvgIpc) is 2.78. The lowest BCUT2D eigenvalue weighted by atomic mass is 9.94. The quantitative estimate of drug-likeness (QED) is 0.866. The zero-order chi connectivity index (χ0) is 10.1. The lowest BCUT2D eigenvalue weighted by Gasteiger charge is -2.23. The second-order valence-electron chi connectivity index (χ2n) is 4.02. The van der Waals surface area contributed by atoms with Crippen molar-refractivity contribution in [3.63, 3.8) is 0 Å². The molecule has 1 N–H and O–H groups in total. The molecule has 0 radical (unpaired) electrons. The molecular formula is C11H16Cl2N4. The molecule has 2 aromatic heterocycles. The van der Waals surface area contributed by atoms with Crippen molar-refractivity contribution in [2.24, 2.45) is 0 Å². The van der Waals surface area contributed by atoms with Crippen molar-refractivity contribution in [1.82, 2.24) is 19.7 Å². The molecule has 0 bridgehead atoms. The molecule has 17 heavy (non-hydrogen) atoms. The number of halogens is 2. The molecule has 6 heteroatoms. The molecule has 94 valence electrons. The van der Waals surface area contributed by atoms with Gasteiger partial charge in [-0.1, -0.05) is 0 Å². The molecule has 0 aliphatic carbocycles. The fraction of sp³-hybridized carbons (Fsp3) is 0.455. The Hall–Kier alpha value is -0.840. The summed E-state index contributed by atoms with van der Waals surface area (Å²) in [5.41, 5.74) is 2.30. The van der Waals surface area contributed by atoms with E-state index in [4.69, 9.17) is 0 Å². The van der Waals surface area contributed by atoms with Crippen molar-refractivity contribution < 1.29 is 0 Å². The molecule has 0 aromatic carbocycles. The van der Waals surface area contributed by atoms with Crippen molar-refractivity contribution in [1.29, 1.82) is 0 Å². The van der Waals surface area contributed by atoms with Crippen LogP contribution < -0.4 is 5.32 Å². The monoisotopic (exact) mass is 274 g/mol. The van der Waals surface area contributed by atoms with Gasteiger partial charge in [0.15, 0.2) is 5.65 Å². The Morgan fingerprint density at radius 2 is 2.00 bits per heavy atom. The van der Waals surface area contributed by atoms with Gasteiger partial charge in [0.1, 0.15) is 6.33 Å². The molecule has 1 aliphatic rings. The van der Waals surface area contributed by atoms with Crippen LogP contribution in [-0.2, 0) is 0 Å². The second-order valence-corrected chi connectivity index (χ2v) is 4.02. The number of hydrogen-bond donors (Lipinski definition) is 1. The van der Waals surface area contributed by atoms with Gasteiger partial charge in [-0.3, -0.25) is 4.40 Å². The number of nitrogens with zero attached hydrogens (tertiary/aromatic N) is 3. The third-order valence-electron chi connectivity index (χ3n) is 3.11. The molecule has 0 spiro atoms. The summed E-state index contributed by atoms with van der Waals surface area (Å²) in [7, 11) is 0. The van der Waals surface area contributed by atoms with E-state index in [0.29, 0.717) is 5.92 Å². The maximum absolute atomic E-state index is 4.28. The molecule has 1 fully saturated rings. The topological polar surface area (TPSA) is 42.2 Å². The number of rotatable bonds is 1. The van der Waals surface area contributed by atoms with Gasteiger partial charge >= 0.3 is 0 Å². The Morgan fingerprint density at radius 1 is 1.24 bits per heavy atom. The van der Waals surface area contributed by atoms with Gasteiger partial charge in [-0.05, 0) is 32.0 Å². The smallest absolute Gasteiger partial charge is 0.156 e. The van der Waals surface area contributed by atoms with E-state index in [9.17, 15) is 0 Å². The molecule has 3 heterocycles. The lowest BCUT2D eigenvalue weighted by Crippen LogP contribution is -2.27. The van der Waals surface area contributed by atoms with E-state index < -0.39 is 0 Å². The summed E-state index contributed by atoms with van der Waals surface area (Å²) < 4.78 is 2.11. The first kappa shape index (κ1) is 14.2. The summed E-state index contributed by atoms with van der Waals surface area (Å²) in [4.78, 5) is 8.42. The molecule has 4 nitrogen and oxygen atoms in total. The molecule has 1 saturated heterocycles. The Kier molecular flexibility index (Phi) is 5.18. The minimum Gasteiger partial charge on any atom is -0.317 e. The third kappa shape index (κ3) is 2.70. The Bertz CT molecular complexity index is 465. The van der Waals surface area contributed by atoms with E-state index in [0.717, 1.165) is 18.7 Å². The molecule has 0 saturated carbocycles. The van der Waals surface area contributed by atoms with Gasteiger partial charge in [-0.25, -0.2) is 9.97 Å². The number of hydrogen-bond acceptors (Lipinski definition) is 3. The van der Waals surface area contributed by atoms with Crippen molar-refractivity contribution in [2.75, 3.05) is 13.1 Å². The fourth-order valence-electron chi connectivity index (χ4n) is 2.30. The van der Waals surface area contributed by atoms with Crippen LogP contribution in [0.1, 0.15) is 24.5 Å². The first-order chi connectivity index (χ1) is 7.45. The van der Waals surface area contributed by atoms with Crippen LogP contribution in [0.3, 0.4) is 0 Å². The minimum absolute atomic E-state index is 0. The van der Waals surface area contributed by atoms with Gasteiger partial charge in [-0.2, -0.15) is 0 Å². The van der Waals surface area contributed by atoms with Gasteiger partial charge in [0.25, 0.3) is 0 Å². The summed E-state index contributed by atoms with van der Waals surface area (Å²) in [5, 5.41) is 3.39. The van der Waals surface area contributed by atoms with Gasteiger partial charge < -0.3 is 5.32 Å². The molecule has 0 atom stereocenters. The molecule has 2 aromatic rings.